The molecule has 2 rings (SSSR count). The summed E-state index contributed by atoms with van der Waals surface area (Å²) >= 11 is 0. The zero-order chi connectivity index (χ0) is 18.1. The van der Waals surface area contributed by atoms with Gasteiger partial charge in [-0.05, 0) is 33.9 Å². The highest BCUT2D eigenvalue weighted by Gasteiger charge is 2.42. The van der Waals surface area contributed by atoms with Crippen LogP contribution in [-0.4, -0.2) is 69.9 Å². The van der Waals surface area contributed by atoms with E-state index in [2.05, 4.69) is 5.10 Å². The summed E-state index contributed by atoms with van der Waals surface area (Å²) in [6.07, 6.45) is -2.51. The molecule has 2 heterocycles. The summed E-state index contributed by atoms with van der Waals surface area (Å²) in [6, 6.07) is 0. The van der Waals surface area contributed by atoms with Crippen LogP contribution in [0.15, 0.2) is 6.20 Å². The van der Waals surface area contributed by atoms with Gasteiger partial charge in [0, 0.05) is 25.8 Å². The number of carbonyl (C=O) groups excluding carboxylic acids is 1. The molecule has 1 fully saturated rings. The summed E-state index contributed by atoms with van der Waals surface area (Å²) in [4.78, 5) is 15.7. The number of likely N-dealkylation sites (tertiary alicyclic amines) is 1. The van der Waals surface area contributed by atoms with E-state index in [1.54, 1.807) is 25.9 Å². The third-order valence-corrected chi connectivity index (χ3v) is 4.04. The quantitative estimate of drug-likeness (QED) is 0.895. The number of amides is 1. The Hall–Kier alpha value is -1.61. The highest BCUT2D eigenvalue weighted by molar-refractivity contribution is 5.95. The maximum absolute atomic E-state index is 13.1. The Balaban J connectivity index is 2.27. The van der Waals surface area contributed by atoms with Gasteiger partial charge < -0.3 is 14.9 Å². The van der Waals surface area contributed by atoms with Gasteiger partial charge in [0.25, 0.3) is 5.91 Å². The molecule has 0 saturated carbocycles. The second kappa shape index (κ2) is 6.72. The fourth-order valence-electron chi connectivity index (χ4n) is 3.12. The molecular weight excluding hydrogens is 325 g/mol. The van der Waals surface area contributed by atoms with Crippen molar-refractivity contribution in [2.75, 3.05) is 33.7 Å². The first-order valence-corrected chi connectivity index (χ1v) is 7.87. The first-order valence-electron chi connectivity index (χ1n) is 7.87. The molecule has 0 aromatic carbocycles. The van der Waals surface area contributed by atoms with E-state index in [-0.39, 0.29) is 13.1 Å². The van der Waals surface area contributed by atoms with Gasteiger partial charge >= 0.3 is 6.18 Å². The van der Waals surface area contributed by atoms with Gasteiger partial charge in [0.2, 0.25) is 0 Å². The molecule has 0 bridgehead atoms. The van der Waals surface area contributed by atoms with Crippen LogP contribution in [-0.2, 0) is 12.7 Å². The van der Waals surface area contributed by atoms with Gasteiger partial charge in [-0.3, -0.25) is 9.48 Å². The van der Waals surface area contributed by atoms with Crippen molar-refractivity contribution in [2.45, 2.75) is 38.1 Å². The Kier molecular flexibility index (Phi) is 5.24. The summed E-state index contributed by atoms with van der Waals surface area (Å²) in [6.45, 7) is 2.57. The van der Waals surface area contributed by atoms with Crippen LogP contribution >= 0.6 is 0 Å². The van der Waals surface area contributed by atoms with Crippen LogP contribution in [0, 0.1) is 0 Å². The number of hydrogen-bond donors (Lipinski definition) is 1. The van der Waals surface area contributed by atoms with Crippen molar-refractivity contribution in [1.82, 2.24) is 19.6 Å². The summed E-state index contributed by atoms with van der Waals surface area (Å²) < 4.78 is 40.5. The van der Waals surface area contributed by atoms with E-state index in [0.717, 1.165) is 10.9 Å². The third-order valence-electron chi connectivity index (χ3n) is 4.04. The van der Waals surface area contributed by atoms with Gasteiger partial charge in [0.1, 0.15) is 0 Å². The number of likely N-dealkylation sites (N-methyl/N-ethyl adjacent to an activating group) is 1. The molecule has 1 unspecified atom stereocenters. The van der Waals surface area contributed by atoms with Gasteiger partial charge in [-0.25, -0.2) is 0 Å². The molecule has 1 amide bonds. The van der Waals surface area contributed by atoms with Gasteiger partial charge in [-0.1, -0.05) is 0 Å². The summed E-state index contributed by atoms with van der Waals surface area (Å²) in [7, 11) is 3.59. The second-order valence-corrected chi connectivity index (χ2v) is 6.54. The fraction of sp³-hybridized carbons (Fsp3) is 0.733. The molecule has 1 N–H and O–H groups in total. The van der Waals surface area contributed by atoms with Gasteiger partial charge in [0.05, 0.1) is 17.7 Å². The van der Waals surface area contributed by atoms with Crippen LogP contribution in [0.5, 0.6) is 0 Å². The second-order valence-electron chi connectivity index (χ2n) is 6.54. The lowest BCUT2D eigenvalue weighted by Gasteiger charge is -2.40. The van der Waals surface area contributed by atoms with Crippen molar-refractivity contribution < 1.29 is 23.1 Å². The number of alkyl halides is 3. The van der Waals surface area contributed by atoms with Crippen molar-refractivity contribution in [3.8, 4) is 0 Å². The lowest BCUT2D eigenvalue weighted by Crippen LogP contribution is -2.54. The largest absolute Gasteiger partial charge is 0.435 e. The first-order chi connectivity index (χ1) is 11.1. The number of aryl methyl sites for hydroxylation is 1. The number of halogens is 3. The Bertz CT molecular complexity index is 600. The molecule has 0 radical (unpaired) electrons. The molecule has 1 aromatic heterocycles. The van der Waals surface area contributed by atoms with Gasteiger partial charge in [-0.2, -0.15) is 18.3 Å². The molecule has 0 aliphatic carbocycles. The van der Waals surface area contributed by atoms with E-state index in [1.165, 1.54) is 4.90 Å². The number of rotatable bonds is 4. The van der Waals surface area contributed by atoms with Crippen molar-refractivity contribution in [1.29, 1.82) is 0 Å². The Morgan fingerprint density at radius 2 is 2.12 bits per heavy atom. The van der Waals surface area contributed by atoms with Crippen molar-refractivity contribution in [2.24, 2.45) is 0 Å². The number of nitrogens with zero attached hydrogens (tertiary/aromatic N) is 4. The standard InChI is InChI=1S/C15H23F3N4O2/c1-4-22-8-11(12(19-22)15(16,17)18)13(23)21-7-5-6-14(24,10-21)9-20(2)3/h8,24H,4-7,9-10H2,1-3H3. The third kappa shape index (κ3) is 4.07. The maximum Gasteiger partial charge on any atom is 0.435 e. The SMILES string of the molecule is CCn1cc(C(=O)N2CCCC(O)(CN(C)C)C2)c(C(F)(F)F)n1. The Morgan fingerprint density at radius 3 is 2.67 bits per heavy atom. The van der Waals surface area contributed by atoms with E-state index in [4.69, 9.17) is 0 Å². The molecule has 1 atom stereocenters. The fourth-order valence-corrected chi connectivity index (χ4v) is 3.12. The molecule has 1 aliphatic heterocycles. The van der Waals surface area contributed by atoms with E-state index < -0.39 is 28.9 Å². The predicted octanol–water partition coefficient (Wildman–Crippen LogP) is 1.45. The molecule has 9 heteroatoms. The molecule has 136 valence electrons. The Morgan fingerprint density at radius 1 is 1.46 bits per heavy atom. The normalized spacial score (nSPS) is 22.2. The molecular formula is C15H23F3N4O2. The number of β-amino-alcohol motifs (C(OH)–C–C–N with tert-alkyl or cyclic N) is 1. The average Bonchev–Trinajstić information content (AvgIpc) is 2.89. The van der Waals surface area contributed by atoms with Crippen LogP contribution in [0.2, 0.25) is 0 Å². The number of hydrogen-bond acceptors (Lipinski definition) is 4. The average molecular weight is 348 g/mol. The highest BCUT2D eigenvalue weighted by Crippen LogP contribution is 2.32. The van der Waals surface area contributed by atoms with E-state index in [1.807, 2.05) is 0 Å². The maximum atomic E-state index is 13.1. The van der Waals surface area contributed by atoms with Crippen LogP contribution in [0.25, 0.3) is 0 Å². The number of aromatic nitrogens is 2. The monoisotopic (exact) mass is 348 g/mol. The van der Waals surface area contributed by atoms with Crippen molar-refractivity contribution in [3.05, 3.63) is 17.5 Å². The minimum Gasteiger partial charge on any atom is -0.387 e. The molecule has 1 saturated heterocycles. The summed E-state index contributed by atoms with van der Waals surface area (Å²) in [5.74, 6) is -0.737. The van der Waals surface area contributed by atoms with Crippen molar-refractivity contribution in [3.63, 3.8) is 0 Å². The first kappa shape index (κ1) is 18.7. The zero-order valence-electron chi connectivity index (χ0n) is 14.1. The minimum absolute atomic E-state index is 0.0125. The highest BCUT2D eigenvalue weighted by atomic mass is 19.4. The molecule has 1 aliphatic rings. The lowest BCUT2D eigenvalue weighted by molar-refractivity contribution is -0.141. The van der Waals surface area contributed by atoms with Crippen LogP contribution in [0.1, 0.15) is 35.8 Å². The van der Waals surface area contributed by atoms with Crippen LogP contribution in [0.4, 0.5) is 13.2 Å². The molecule has 24 heavy (non-hydrogen) atoms. The minimum atomic E-state index is -4.69. The Labute approximate surface area is 138 Å². The predicted molar refractivity (Wildman–Crippen MR) is 81.5 cm³/mol. The smallest absolute Gasteiger partial charge is 0.387 e. The van der Waals surface area contributed by atoms with Crippen LogP contribution < -0.4 is 0 Å². The molecule has 6 nitrogen and oxygen atoms in total. The zero-order valence-corrected chi connectivity index (χ0v) is 14.1. The van der Waals surface area contributed by atoms with Crippen molar-refractivity contribution >= 4 is 5.91 Å². The van der Waals surface area contributed by atoms with Gasteiger partial charge in [-0.15, -0.1) is 0 Å². The summed E-state index contributed by atoms with van der Waals surface area (Å²) in [5, 5.41) is 14.1. The molecule has 0 spiro atoms. The molecule has 1 aromatic rings. The van der Waals surface area contributed by atoms with E-state index >= 15 is 0 Å². The number of aliphatic hydroxyl groups is 1. The number of carbonyl (C=O) groups is 1. The van der Waals surface area contributed by atoms with Gasteiger partial charge in [0.15, 0.2) is 5.69 Å². The lowest BCUT2D eigenvalue weighted by atomic mass is 9.92. The topological polar surface area (TPSA) is 61.6 Å². The van der Waals surface area contributed by atoms with E-state index in [9.17, 15) is 23.1 Å². The van der Waals surface area contributed by atoms with E-state index in [0.29, 0.717) is 25.9 Å². The summed E-state index contributed by atoms with van der Waals surface area (Å²) in [5.41, 5.74) is -2.74. The van der Waals surface area contributed by atoms with Crippen LogP contribution in [0.3, 0.4) is 0 Å². The number of piperidine rings is 1.